The highest BCUT2D eigenvalue weighted by molar-refractivity contribution is 5.97. The molecular formula is C22H18N2O. The van der Waals surface area contributed by atoms with Gasteiger partial charge in [0.25, 0.3) is 0 Å². The van der Waals surface area contributed by atoms with Crippen LogP contribution in [-0.4, -0.2) is 15.3 Å². The molecule has 3 heteroatoms. The van der Waals surface area contributed by atoms with Crippen LogP contribution in [0.4, 0.5) is 0 Å². The van der Waals surface area contributed by atoms with E-state index in [9.17, 15) is 4.79 Å². The summed E-state index contributed by atoms with van der Waals surface area (Å²) in [5, 5.41) is 0. The van der Waals surface area contributed by atoms with Crippen LogP contribution in [0.5, 0.6) is 0 Å². The predicted octanol–water partition coefficient (Wildman–Crippen LogP) is 4.89. The van der Waals surface area contributed by atoms with Gasteiger partial charge in [-0.2, -0.15) is 0 Å². The lowest BCUT2D eigenvalue weighted by Gasteiger charge is -2.09. The van der Waals surface area contributed by atoms with E-state index >= 15 is 0 Å². The number of hydrogen-bond acceptors (Lipinski definition) is 2. The summed E-state index contributed by atoms with van der Waals surface area (Å²) >= 11 is 0. The topological polar surface area (TPSA) is 34.9 Å². The molecule has 1 aromatic heterocycles. The molecule has 4 aromatic rings. The van der Waals surface area contributed by atoms with E-state index in [1.165, 1.54) is 5.56 Å². The van der Waals surface area contributed by atoms with Gasteiger partial charge in [0.2, 0.25) is 0 Å². The summed E-state index contributed by atoms with van der Waals surface area (Å²) in [5.74, 6) is 0.905. The summed E-state index contributed by atoms with van der Waals surface area (Å²) in [4.78, 5) is 17.5. The number of fused-ring (bicyclic) bond motifs is 1. The standard InChI is InChI=1S/C22H18N2O/c1-16-11-13-18(14-12-16)22-23-19-9-5-6-10-20(19)24(22)15-21(25)17-7-3-2-4-8-17/h2-14H,15H2,1H3. The lowest BCUT2D eigenvalue weighted by atomic mass is 10.1. The predicted molar refractivity (Wildman–Crippen MR) is 101 cm³/mol. The molecule has 0 atom stereocenters. The first-order chi connectivity index (χ1) is 12.2. The van der Waals surface area contributed by atoms with E-state index < -0.39 is 0 Å². The van der Waals surface area contributed by atoms with E-state index in [1.807, 2.05) is 59.2 Å². The highest BCUT2D eigenvalue weighted by atomic mass is 16.1. The Morgan fingerprint density at radius 2 is 1.56 bits per heavy atom. The van der Waals surface area contributed by atoms with E-state index in [2.05, 4.69) is 31.2 Å². The van der Waals surface area contributed by atoms with Gasteiger partial charge in [0.15, 0.2) is 5.78 Å². The summed E-state index contributed by atoms with van der Waals surface area (Å²) in [7, 11) is 0. The van der Waals surface area contributed by atoms with Gasteiger partial charge in [-0.05, 0) is 19.1 Å². The number of benzene rings is 3. The molecule has 0 aliphatic rings. The molecule has 0 N–H and O–H groups in total. The maximum absolute atomic E-state index is 12.7. The molecule has 3 aromatic carbocycles. The minimum absolute atomic E-state index is 0.0807. The van der Waals surface area contributed by atoms with Crippen LogP contribution in [0.15, 0.2) is 78.9 Å². The van der Waals surface area contributed by atoms with Gasteiger partial charge in [0.1, 0.15) is 5.82 Å². The molecule has 0 saturated carbocycles. The Balaban J connectivity index is 1.82. The van der Waals surface area contributed by atoms with Gasteiger partial charge >= 0.3 is 0 Å². The zero-order chi connectivity index (χ0) is 17.2. The van der Waals surface area contributed by atoms with Crippen molar-refractivity contribution >= 4 is 16.8 Å². The normalized spacial score (nSPS) is 10.9. The van der Waals surface area contributed by atoms with Crippen molar-refractivity contribution in [3.63, 3.8) is 0 Å². The van der Waals surface area contributed by atoms with Gasteiger partial charge in [-0.1, -0.05) is 72.3 Å². The van der Waals surface area contributed by atoms with Crippen molar-refractivity contribution in [2.24, 2.45) is 0 Å². The average molecular weight is 326 g/mol. The van der Waals surface area contributed by atoms with Gasteiger partial charge in [-0.25, -0.2) is 4.98 Å². The third-order valence-corrected chi connectivity index (χ3v) is 4.36. The summed E-state index contributed by atoms with van der Waals surface area (Å²) in [6.45, 7) is 2.33. The number of carbonyl (C=O) groups is 1. The molecule has 3 nitrogen and oxygen atoms in total. The van der Waals surface area contributed by atoms with Crippen molar-refractivity contribution in [1.29, 1.82) is 0 Å². The molecule has 0 spiro atoms. The van der Waals surface area contributed by atoms with E-state index in [4.69, 9.17) is 4.98 Å². The van der Waals surface area contributed by atoms with Crippen molar-refractivity contribution in [3.05, 3.63) is 90.0 Å². The Morgan fingerprint density at radius 3 is 2.32 bits per heavy atom. The van der Waals surface area contributed by atoms with E-state index in [-0.39, 0.29) is 12.3 Å². The van der Waals surface area contributed by atoms with Crippen LogP contribution >= 0.6 is 0 Å². The highest BCUT2D eigenvalue weighted by Crippen LogP contribution is 2.25. The summed E-state index contributed by atoms with van der Waals surface area (Å²) < 4.78 is 2.01. The molecule has 122 valence electrons. The van der Waals surface area contributed by atoms with Crippen LogP contribution in [-0.2, 0) is 6.54 Å². The fraction of sp³-hybridized carbons (Fsp3) is 0.0909. The number of carbonyl (C=O) groups excluding carboxylic acids is 1. The fourth-order valence-corrected chi connectivity index (χ4v) is 3.02. The first-order valence-corrected chi connectivity index (χ1v) is 8.33. The van der Waals surface area contributed by atoms with Crippen LogP contribution in [0.25, 0.3) is 22.4 Å². The molecule has 1 heterocycles. The lowest BCUT2D eigenvalue weighted by molar-refractivity contribution is 0.0974. The average Bonchev–Trinajstić information content (AvgIpc) is 3.02. The highest BCUT2D eigenvalue weighted by Gasteiger charge is 2.15. The minimum Gasteiger partial charge on any atom is -0.316 e. The molecule has 0 amide bonds. The zero-order valence-electron chi connectivity index (χ0n) is 14.0. The Bertz CT molecular complexity index is 1030. The Kier molecular flexibility index (Phi) is 3.90. The van der Waals surface area contributed by atoms with Crippen molar-refractivity contribution in [2.45, 2.75) is 13.5 Å². The summed E-state index contributed by atoms with van der Waals surface area (Å²) in [5.41, 5.74) is 4.81. The third-order valence-electron chi connectivity index (χ3n) is 4.36. The minimum atomic E-state index is 0.0807. The maximum atomic E-state index is 12.7. The second-order valence-electron chi connectivity index (χ2n) is 6.17. The molecule has 0 aliphatic heterocycles. The SMILES string of the molecule is Cc1ccc(-c2nc3ccccc3n2CC(=O)c2ccccc2)cc1. The van der Waals surface area contributed by atoms with Crippen molar-refractivity contribution in [2.75, 3.05) is 0 Å². The molecular weight excluding hydrogens is 308 g/mol. The number of para-hydroxylation sites is 2. The number of nitrogens with zero attached hydrogens (tertiary/aromatic N) is 2. The second-order valence-corrected chi connectivity index (χ2v) is 6.17. The Labute approximate surface area is 146 Å². The molecule has 4 rings (SSSR count). The number of aromatic nitrogens is 2. The van der Waals surface area contributed by atoms with Crippen molar-refractivity contribution in [3.8, 4) is 11.4 Å². The van der Waals surface area contributed by atoms with E-state index in [1.54, 1.807) is 0 Å². The Hall–Kier alpha value is -3.20. The van der Waals surface area contributed by atoms with Crippen molar-refractivity contribution in [1.82, 2.24) is 9.55 Å². The maximum Gasteiger partial charge on any atom is 0.182 e. The van der Waals surface area contributed by atoms with Gasteiger partial charge in [0.05, 0.1) is 17.6 Å². The van der Waals surface area contributed by atoms with Crippen LogP contribution in [0, 0.1) is 6.92 Å². The van der Waals surface area contributed by atoms with Gasteiger partial charge in [0, 0.05) is 11.1 Å². The molecule has 0 bridgehead atoms. The van der Waals surface area contributed by atoms with E-state index in [0.29, 0.717) is 0 Å². The lowest BCUT2D eigenvalue weighted by Crippen LogP contribution is -2.11. The molecule has 0 fully saturated rings. The van der Waals surface area contributed by atoms with E-state index in [0.717, 1.165) is 28.0 Å². The quantitative estimate of drug-likeness (QED) is 0.500. The fourth-order valence-electron chi connectivity index (χ4n) is 3.02. The molecule has 0 saturated heterocycles. The first kappa shape index (κ1) is 15.3. The summed E-state index contributed by atoms with van der Waals surface area (Å²) in [6.07, 6.45) is 0. The number of ketones is 1. The second kappa shape index (κ2) is 6.36. The van der Waals surface area contributed by atoms with Gasteiger partial charge in [-0.15, -0.1) is 0 Å². The number of Topliss-reactive ketones (excluding diaryl/α,β-unsaturated/α-hetero) is 1. The Morgan fingerprint density at radius 1 is 0.880 bits per heavy atom. The third kappa shape index (κ3) is 2.96. The molecule has 25 heavy (non-hydrogen) atoms. The largest absolute Gasteiger partial charge is 0.316 e. The van der Waals surface area contributed by atoms with Crippen LogP contribution in [0.1, 0.15) is 15.9 Å². The smallest absolute Gasteiger partial charge is 0.182 e. The summed E-state index contributed by atoms with van der Waals surface area (Å²) in [6, 6.07) is 25.6. The van der Waals surface area contributed by atoms with Crippen LogP contribution in [0.3, 0.4) is 0 Å². The molecule has 0 unspecified atom stereocenters. The van der Waals surface area contributed by atoms with Gasteiger partial charge < -0.3 is 4.57 Å². The number of rotatable bonds is 4. The van der Waals surface area contributed by atoms with Crippen molar-refractivity contribution < 1.29 is 4.79 Å². The number of aryl methyl sites for hydroxylation is 1. The number of imidazole rings is 1. The molecule has 0 radical (unpaired) electrons. The molecule has 0 aliphatic carbocycles. The van der Waals surface area contributed by atoms with Crippen LogP contribution < -0.4 is 0 Å². The van der Waals surface area contributed by atoms with Crippen LogP contribution in [0.2, 0.25) is 0 Å². The number of hydrogen-bond donors (Lipinski definition) is 0. The monoisotopic (exact) mass is 326 g/mol. The zero-order valence-corrected chi connectivity index (χ0v) is 14.0. The van der Waals surface area contributed by atoms with Gasteiger partial charge in [-0.3, -0.25) is 4.79 Å². The first-order valence-electron chi connectivity index (χ1n) is 8.33.